The van der Waals surface area contributed by atoms with E-state index in [1.807, 2.05) is 6.92 Å². The number of Topliss-reactive ketones (excluding diaryl/α,β-unsaturated/α-hetero) is 2. The molecule has 0 spiro atoms. The number of fused-ring (bicyclic) bond motifs is 2. The van der Waals surface area contributed by atoms with Crippen LogP contribution >= 0.6 is 15.9 Å². The van der Waals surface area contributed by atoms with Gasteiger partial charge in [-0.15, -0.1) is 0 Å². The summed E-state index contributed by atoms with van der Waals surface area (Å²) >= 11 is 3.38. The third-order valence-corrected chi connectivity index (χ3v) is 11.2. The van der Waals surface area contributed by atoms with E-state index in [4.69, 9.17) is 18.3 Å². The van der Waals surface area contributed by atoms with E-state index in [1.54, 1.807) is 68.4 Å². The van der Waals surface area contributed by atoms with Gasteiger partial charge in [0.05, 0.1) is 44.8 Å². The number of nitrogens with one attached hydrogen (secondary N) is 2. The molecule has 15 heteroatoms. The van der Waals surface area contributed by atoms with Crippen molar-refractivity contribution in [3.05, 3.63) is 106 Å². The van der Waals surface area contributed by atoms with Gasteiger partial charge in [-0.05, 0) is 129 Å². The van der Waals surface area contributed by atoms with E-state index in [-0.39, 0.29) is 21.4 Å². The average Bonchev–Trinajstić information content (AvgIpc) is 3.60. The van der Waals surface area contributed by atoms with Gasteiger partial charge < -0.3 is 18.3 Å². The van der Waals surface area contributed by atoms with E-state index in [0.29, 0.717) is 78.5 Å². The molecule has 0 aliphatic rings. The number of aryl methyl sites for hydroxylation is 2. The minimum absolute atomic E-state index is 0.109. The Hall–Kier alpha value is -5.12. The van der Waals surface area contributed by atoms with Gasteiger partial charge in [-0.3, -0.25) is 19.0 Å². The van der Waals surface area contributed by atoms with Gasteiger partial charge in [0.15, 0.2) is 11.6 Å². The highest BCUT2D eigenvalue weighted by molar-refractivity contribution is 9.10. The van der Waals surface area contributed by atoms with E-state index >= 15 is 0 Å². The van der Waals surface area contributed by atoms with Crippen LogP contribution in [-0.4, -0.2) is 42.1 Å². The fraction of sp³-hybridized carbons (Fsp3) is 0.189. The number of hydrogen-bond acceptors (Lipinski definition) is 10. The maximum absolute atomic E-state index is 12.7. The molecule has 0 unspecified atom stereocenters. The Morgan fingerprint density at radius 2 is 1.19 bits per heavy atom. The van der Waals surface area contributed by atoms with Crippen LogP contribution in [0.3, 0.4) is 0 Å². The van der Waals surface area contributed by atoms with Crippen LogP contribution in [0.5, 0.6) is 11.5 Å². The molecule has 0 radical (unpaired) electrons. The van der Waals surface area contributed by atoms with Crippen molar-refractivity contribution in [3.63, 3.8) is 0 Å². The molecule has 0 fully saturated rings. The number of halogens is 1. The fourth-order valence-corrected chi connectivity index (χ4v) is 8.19. The van der Waals surface area contributed by atoms with Crippen molar-refractivity contribution < 1.29 is 44.7 Å². The number of benzene rings is 4. The molecule has 2 heterocycles. The first-order valence-electron chi connectivity index (χ1n) is 15.7. The summed E-state index contributed by atoms with van der Waals surface area (Å²) in [6.07, 6.45) is 0. The molecule has 2 N–H and O–H groups in total. The first-order chi connectivity index (χ1) is 24.5. The molecule has 52 heavy (non-hydrogen) atoms. The van der Waals surface area contributed by atoms with Crippen molar-refractivity contribution in [3.8, 4) is 11.5 Å². The summed E-state index contributed by atoms with van der Waals surface area (Å²) < 4.78 is 77.6. The first kappa shape index (κ1) is 38.1. The van der Waals surface area contributed by atoms with Crippen molar-refractivity contribution in [2.75, 3.05) is 23.2 Å². The number of hydrogen-bond donors (Lipinski definition) is 2. The lowest BCUT2D eigenvalue weighted by Gasteiger charge is -2.10. The van der Waals surface area contributed by atoms with Crippen LogP contribution in [0.1, 0.15) is 53.0 Å². The average molecular weight is 812 g/mol. The first-order valence-corrected chi connectivity index (χ1v) is 19.5. The maximum atomic E-state index is 12.7. The lowest BCUT2D eigenvalue weighted by molar-refractivity contribution is 0.100. The van der Waals surface area contributed by atoms with Gasteiger partial charge in [-0.2, -0.15) is 0 Å². The van der Waals surface area contributed by atoms with Crippen molar-refractivity contribution >= 4 is 80.9 Å². The highest BCUT2D eigenvalue weighted by atomic mass is 79.9. The number of anilines is 2. The second-order valence-electron chi connectivity index (χ2n) is 11.5. The molecule has 6 aromatic rings. The number of carbonyl (C=O) groups excluding carboxylic acids is 2. The van der Waals surface area contributed by atoms with Gasteiger partial charge in [0.1, 0.15) is 34.2 Å². The minimum atomic E-state index is -3.80. The molecule has 272 valence electrons. The van der Waals surface area contributed by atoms with E-state index in [9.17, 15) is 26.4 Å². The van der Waals surface area contributed by atoms with E-state index in [0.717, 1.165) is 0 Å². The molecule has 4 aromatic carbocycles. The molecular formula is C37H35BrN2O10S2. The SMILES string of the molecule is CCOc1ccc(S(=O)(=O)Nc2cc(Br)c3oc(C)c(C(C)=O)c3c2)cc1.COc1ccc(S(=O)(=O)Nc2ccc3oc(C)c(C(C)=O)c3c2)cc1. The smallest absolute Gasteiger partial charge is 0.261 e. The van der Waals surface area contributed by atoms with Crippen LogP contribution in [0, 0.1) is 13.8 Å². The number of furan rings is 2. The van der Waals surface area contributed by atoms with Crippen LogP contribution in [0.4, 0.5) is 11.4 Å². The highest BCUT2D eigenvalue weighted by Crippen LogP contribution is 2.35. The number of sulfonamides is 2. The summed E-state index contributed by atoms with van der Waals surface area (Å²) in [5, 5.41) is 1.14. The number of carbonyl (C=O) groups is 2. The van der Waals surface area contributed by atoms with Gasteiger partial charge >= 0.3 is 0 Å². The summed E-state index contributed by atoms with van der Waals surface area (Å²) in [6.45, 7) is 8.66. The van der Waals surface area contributed by atoms with Crippen LogP contribution in [0.2, 0.25) is 0 Å². The topological polar surface area (TPSA) is 171 Å². The van der Waals surface area contributed by atoms with Gasteiger partial charge in [-0.1, -0.05) is 0 Å². The predicted octanol–water partition coefficient (Wildman–Crippen LogP) is 8.66. The maximum Gasteiger partial charge on any atom is 0.261 e. The largest absolute Gasteiger partial charge is 0.497 e. The van der Waals surface area contributed by atoms with Crippen LogP contribution in [0.15, 0.2) is 102 Å². The Morgan fingerprint density at radius 1 is 0.692 bits per heavy atom. The Bertz CT molecular complexity index is 2520. The Kier molecular flexibility index (Phi) is 11.2. The molecule has 0 atom stereocenters. The van der Waals surface area contributed by atoms with Crippen LogP contribution in [0.25, 0.3) is 21.9 Å². The van der Waals surface area contributed by atoms with Gasteiger partial charge in [0.25, 0.3) is 20.0 Å². The zero-order chi connectivity index (χ0) is 38.0. The Balaban J connectivity index is 0.000000202. The number of methoxy groups -OCH3 is 1. The molecule has 2 aromatic heterocycles. The molecule has 0 aliphatic carbocycles. The third-order valence-electron chi connectivity index (χ3n) is 7.81. The van der Waals surface area contributed by atoms with E-state index in [2.05, 4.69) is 25.4 Å². The quantitative estimate of drug-likeness (QED) is 0.121. The Morgan fingerprint density at radius 3 is 1.73 bits per heavy atom. The summed E-state index contributed by atoms with van der Waals surface area (Å²) in [7, 11) is -6.04. The molecule has 0 aliphatic heterocycles. The second kappa shape index (κ2) is 15.2. The van der Waals surface area contributed by atoms with Crippen LogP contribution in [-0.2, 0) is 20.0 Å². The van der Waals surface area contributed by atoms with Gasteiger partial charge in [0.2, 0.25) is 0 Å². The van der Waals surface area contributed by atoms with Crippen molar-refractivity contribution in [1.82, 2.24) is 0 Å². The monoisotopic (exact) mass is 810 g/mol. The minimum Gasteiger partial charge on any atom is -0.497 e. The highest BCUT2D eigenvalue weighted by Gasteiger charge is 2.21. The molecular weight excluding hydrogens is 776 g/mol. The Labute approximate surface area is 309 Å². The molecule has 0 bridgehead atoms. The van der Waals surface area contributed by atoms with E-state index < -0.39 is 20.0 Å². The zero-order valence-electron chi connectivity index (χ0n) is 29.0. The fourth-order valence-electron chi connectivity index (χ4n) is 5.56. The molecule has 0 amide bonds. The van der Waals surface area contributed by atoms with Gasteiger partial charge in [0, 0.05) is 16.5 Å². The molecule has 6 rings (SSSR count). The van der Waals surface area contributed by atoms with Crippen LogP contribution < -0.4 is 18.9 Å². The number of rotatable bonds is 11. The number of ether oxygens (including phenoxy) is 2. The van der Waals surface area contributed by atoms with E-state index in [1.165, 1.54) is 45.2 Å². The normalized spacial score (nSPS) is 11.5. The predicted molar refractivity (Wildman–Crippen MR) is 202 cm³/mol. The number of ketones is 2. The van der Waals surface area contributed by atoms with Gasteiger partial charge in [-0.25, -0.2) is 16.8 Å². The summed E-state index contributed by atoms with van der Waals surface area (Å²) in [6, 6.07) is 20.3. The molecule has 0 saturated carbocycles. The lowest BCUT2D eigenvalue weighted by atomic mass is 10.1. The third kappa shape index (κ3) is 8.16. The summed E-state index contributed by atoms with van der Waals surface area (Å²) in [5.74, 6) is 1.89. The van der Waals surface area contributed by atoms with Crippen molar-refractivity contribution in [2.24, 2.45) is 0 Å². The zero-order valence-corrected chi connectivity index (χ0v) is 32.2. The lowest BCUT2D eigenvalue weighted by Crippen LogP contribution is -2.13. The van der Waals surface area contributed by atoms with Crippen molar-refractivity contribution in [1.29, 1.82) is 0 Å². The molecule has 0 saturated heterocycles. The molecule has 12 nitrogen and oxygen atoms in total. The summed E-state index contributed by atoms with van der Waals surface area (Å²) in [5.41, 5.74) is 2.61. The summed E-state index contributed by atoms with van der Waals surface area (Å²) in [4.78, 5) is 24.0. The standard InChI is InChI=1S/C19H18BrNO5S.C18H17NO5S/c1-4-25-14-5-7-15(8-6-14)27(23,24)21-13-9-16-18(11(2)22)12(3)26-19(16)17(20)10-13;1-11(20)18-12(2)24-17-9-4-13(10-16(17)18)19-25(21,22)15-7-5-14(23-3)6-8-15/h5-10,21H,4H2,1-3H3;4-10,19H,1-3H3. The van der Waals surface area contributed by atoms with Crippen molar-refractivity contribution in [2.45, 2.75) is 44.4 Å². The second-order valence-corrected chi connectivity index (χ2v) is 15.7.